The van der Waals surface area contributed by atoms with Gasteiger partial charge in [0.05, 0.1) is 6.20 Å². The lowest BCUT2D eigenvalue weighted by Crippen LogP contribution is -2.18. The first-order valence-corrected chi connectivity index (χ1v) is 6.83. The lowest BCUT2D eigenvalue weighted by molar-refractivity contribution is -0.118. The molecule has 0 aliphatic carbocycles. The molecule has 2 N–H and O–H groups in total. The maximum Gasteiger partial charge on any atom is 0.228 e. The standard InChI is InChI=1S/C16H16N4O/c1-10(2)16(21)20-15-6-13-5-11(14-8-18-19-9-14)3-4-12(13)7-17-15/h3-10H,1-2H3,(H,18,19)(H,17,20,21). The van der Waals surface area contributed by atoms with E-state index in [1.807, 2.05) is 38.2 Å². The Labute approximate surface area is 122 Å². The van der Waals surface area contributed by atoms with Gasteiger partial charge in [-0.15, -0.1) is 0 Å². The van der Waals surface area contributed by atoms with Gasteiger partial charge in [-0.25, -0.2) is 4.98 Å². The third kappa shape index (κ3) is 2.76. The van der Waals surface area contributed by atoms with Crippen LogP contribution >= 0.6 is 0 Å². The first kappa shape index (κ1) is 13.3. The van der Waals surface area contributed by atoms with Crippen molar-refractivity contribution in [3.8, 4) is 11.1 Å². The molecular formula is C16H16N4O. The minimum absolute atomic E-state index is 0.0344. The molecule has 0 aliphatic heterocycles. The van der Waals surface area contributed by atoms with Crippen molar-refractivity contribution in [1.82, 2.24) is 15.2 Å². The molecule has 0 bridgehead atoms. The van der Waals surface area contributed by atoms with Crippen LogP contribution in [-0.2, 0) is 4.79 Å². The monoisotopic (exact) mass is 280 g/mol. The van der Waals surface area contributed by atoms with Crippen molar-refractivity contribution < 1.29 is 4.79 Å². The zero-order valence-corrected chi connectivity index (χ0v) is 11.9. The molecule has 0 saturated heterocycles. The summed E-state index contributed by atoms with van der Waals surface area (Å²) in [4.78, 5) is 16.0. The number of benzene rings is 1. The molecule has 0 atom stereocenters. The quantitative estimate of drug-likeness (QED) is 0.773. The summed E-state index contributed by atoms with van der Waals surface area (Å²) in [5.74, 6) is 0.471. The van der Waals surface area contributed by atoms with Gasteiger partial charge in [-0.1, -0.05) is 26.0 Å². The average Bonchev–Trinajstić information content (AvgIpc) is 3.00. The number of rotatable bonds is 3. The van der Waals surface area contributed by atoms with Crippen LogP contribution in [0.5, 0.6) is 0 Å². The van der Waals surface area contributed by atoms with Crippen LogP contribution < -0.4 is 5.32 Å². The van der Waals surface area contributed by atoms with Crippen LogP contribution in [0, 0.1) is 5.92 Å². The number of H-pyrrole nitrogens is 1. The Kier molecular flexibility index (Phi) is 3.39. The molecule has 3 rings (SSSR count). The molecule has 0 unspecified atom stereocenters. The Balaban J connectivity index is 1.97. The van der Waals surface area contributed by atoms with E-state index in [0.717, 1.165) is 21.9 Å². The predicted octanol–water partition coefficient (Wildman–Crippen LogP) is 3.22. The van der Waals surface area contributed by atoms with Gasteiger partial charge in [0, 0.05) is 29.3 Å². The molecule has 5 nitrogen and oxygen atoms in total. The minimum Gasteiger partial charge on any atom is -0.310 e. The number of carbonyl (C=O) groups is 1. The Morgan fingerprint density at radius 1 is 1.14 bits per heavy atom. The van der Waals surface area contributed by atoms with Crippen LogP contribution in [-0.4, -0.2) is 21.1 Å². The summed E-state index contributed by atoms with van der Waals surface area (Å²) >= 11 is 0. The summed E-state index contributed by atoms with van der Waals surface area (Å²) in [6, 6.07) is 7.99. The average molecular weight is 280 g/mol. The molecule has 0 aliphatic rings. The predicted molar refractivity (Wildman–Crippen MR) is 82.8 cm³/mol. The van der Waals surface area contributed by atoms with Crippen LogP contribution in [0.1, 0.15) is 13.8 Å². The Morgan fingerprint density at radius 2 is 2.00 bits per heavy atom. The fourth-order valence-corrected chi connectivity index (χ4v) is 2.07. The number of carbonyl (C=O) groups excluding carboxylic acids is 1. The van der Waals surface area contributed by atoms with E-state index in [1.165, 1.54) is 0 Å². The molecule has 106 valence electrons. The molecule has 1 aromatic carbocycles. The minimum atomic E-state index is -0.0697. The Morgan fingerprint density at radius 3 is 2.71 bits per heavy atom. The van der Waals surface area contributed by atoms with Gasteiger partial charge in [-0.3, -0.25) is 9.89 Å². The Bertz CT molecular complexity index is 778. The molecule has 2 aromatic heterocycles. The number of anilines is 1. The molecular weight excluding hydrogens is 264 g/mol. The summed E-state index contributed by atoms with van der Waals surface area (Å²) < 4.78 is 0. The van der Waals surface area contributed by atoms with Crippen LogP contribution in [0.2, 0.25) is 0 Å². The number of nitrogens with one attached hydrogen (secondary N) is 2. The van der Waals surface area contributed by atoms with E-state index in [9.17, 15) is 4.79 Å². The highest BCUT2D eigenvalue weighted by Gasteiger charge is 2.08. The second kappa shape index (κ2) is 5.36. The van der Waals surface area contributed by atoms with E-state index < -0.39 is 0 Å². The summed E-state index contributed by atoms with van der Waals surface area (Å²) in [6.07, 6.45) is 5.40. The largest absolute Gasteiger partial charge is 0.310 e. The van der Waals surface area contributed by atoms with E-state index in [-0.39, 0.29) is 11.8 Å². The molecule has 0 spiro atoms. The number of hydrogen-bond acceptors (Lipinski definition) is 3. The summed E-state index contributed by atoms with van der Waals surface area (Å²) in [6.45, 7) is 3.71. The van der Waals surface area contributed by atoms with Gasteiger partial charge in [0.1, 0.15) is 5.82 Å². The third-order valence-electron chi connectivity index (χ3n) is 3.33. The highest BCUT2D eigenvalue weighted by atomic mass is 16.1. The SMILES string of the molecule is CC(C)C(=O)Nc1cc2cc(-c3cn[nH]c3)ccc2cn1. The number of amides is 1. The van der Waals surface area contributed by atoms with Crippen LogP contribution in [0.25, 0.3) is 21.9 Å². The fraction of sp³-hybridized carbons (Fsp3) is 0.188. The number of aromatic nitrogens is 3. The number of aromatic amines is 1. The first-order valence-electron chi connectivity index (χ1n) is 6.83. The molecule has 0 saturated carbocycles. The second-order valence-electron chi connectivity index (χ2n) is 5.26. The van der Waals surface area contributed by atoms with Gasteiger partial charge in [-0.2, -0.15) is 5.10 Å². The Hall–Kier alpha value is -2.69. The first-order chi connectivity index (χ1) is 10.1. The highest BCUT2D eigenvalue weighted by Crippen LogP contribution is 2.24. The molecule has 1 amide bonds. The van der Waals surface area contributed by atoms with E-state index in [0.29, 0.717) is 5.82 Å². The normalized spacial score (nSPS) is 11.0. The van der Waals surface area contributed by atoms with Gasteiger partial charge >= 0.3 is 0 Å². The van der Waals surface area contributed by atoms with Crippen molar-refractivity contribution in [2.75, 3.05) is 5.32 Å². The second-order valence-corrected chi connectivity index (χ2v) is 5.26. The topological polar surface area (TPSA) is 70.7 Å². The molecule has 0 radical (unpaired) electrons. The van der Waals surface area contributed by atoms with E-state index >= 15 is 0 Å². The lowest BCUT2D eigenvalue weighted by Gasteiger charge is -2.08. The van der Waals surface area contributed by atoms with Crippen molar-refractivity contribution in [3.63, 3.8) is 0 Å². The van der Waals surface area contributed by atoms with Crippen molar-refractivity contribution in [3.05, 3.63) is 42.9 Å². The number of hydrogen-bond donors (Lipinski definition) is 2. The van der Waals surface area contributed by atoms with Gasteiger partial charge in [-0.05, 0) is 23.1 Å². The molecule has 2 heterocycles. The number of nitrogens with zero attached hydrogens (tertiary/aromatic N) is 2. The van der Waals surface area contributed by atoms with Crippen LogP contribution in [0.4, 0.5) is 5.82 Å². The maximum atomic E-state index is 11.7. The number of fused-ring (bicyclic) bond motifs is 1. The van der Waals surface area contributed by atoms with Gasteiger partial charge in [0.15, 0.2) is 0 Å². The zero-order chi connectivity index (χ0) is 14.8. The van der Waals surface area contributed by atoms with E-state index in [2.05, 4.69) is 26.6 Å². The van der Waals surface area contributed by atoms with E-state index in [1.54, 1.807) is 12.4 Å². The fourth-order valence-electron chi connectivity index (χ4n) is 2.07. The zero-order valence-electron chi connectivity index (χ0n) is 11.9. The van der Waals surface area contributed by atoms with Crippen molar-refractivity contribution in [2.45, 2.75) is 13.8 Å². The van der Waals surface area contributed by atoms with Gasteiger partial charge in [0.2, 0.25) is 5.91 Å². The third-order valence-corrected chi connectivity index (χ3v) is 3.33. The smallest absolute Gasteiger partial charge is 0.228 e. The number of pyridine rings is 1. The van der Waals surface area contributed by atoms with Crippen LogP contribution in [0.15, 0.2) is 42.9 Å². The lowest BCUT2D eigenvalue weighted by atomic mass is 10.1. The van der Waals surface area contributed by atoms with Gasteiger partial charge in [0.25, 0.3) is 0 Å². The van der Waals surface area contributed by atoms with E-state index in [4.69, 9.17) is 0 Å². The van der Waals surface area contributed by atoms with Crippen molar-refractivity contribution >= 4 is 22.5 Å². The summed E-state index contributed by atoms with van der Waals surface area (Å²) in [7, 11) is 0. The van der Waals surface area contributed by atoms with Crippen LogP contribution in [0.3, 0.4) is 0 Å². The molecule has 21 heavy (non-hydrogen) atoms. The molecule has 0 fully saturated rings. The summed E-state index contributed by atoms with van der Waals surface area (Å²) in [5, 5.41) is 11.6. The molecule has 3 aromatic rings. The maximum absolute atomic E-state index is 11.7. The van der Waals surface area contributed by atoms with Gasteiger partial charge < -0.3 is 5.32 Å². The molecule has 5 heteroatoms. The van der Waals surface area contributed by atoms with Crippen molar-refractivity contribution in [2.24, 2.45) is 5.92 Å². The summed E-state index contributed by atoms with van der Waals surface area (Å²) in [5.41, 5.74) is 2.10. The highest BCUT2D eigenvalue weighted by molar-refractivity contribution is 5.94. The van der Waals surface area contributed by atoms with Crippen molar-refractivity contribution in [1.29, 1.82) is 0 Å².